The van der Waals surface area contributed by atoms with Crippen LogP contribution in [0.15, 0.2) is 46.5 Å². The summed E-state index contributed by atoms with van der Waals surface area (Å²) in [5.74, 6) is 1.31. The first-order valence-electron chi connectivity index (χ1n) is 6.86. The second-order valence-corrected chi connectivity index (χ2v) is 5.78. The fourth-order valence-corrected chi connectivity index (χ4v) is 2.81. The second kappa shape index (κ2) is 6.11. The van der Waals surface area contributed by atoms with Crippen molar-refractivity contribution in [3.05, 3.63) is 59.1 Å². The Morgan fingerprint density at radius 1 is 1.27 bits per heavy atom. The monoisotopic (exact) mass is 313 g/mol. The molecule has 1 N–H and O–H groups in total. The highest BCUT2D eigenvalue weighted by atomic mass is 32.1. The van der Waals surface area contributed by atoms with E-state index in [1.807, 2.05) is 38.1 Å². The van der Waals surface area contributed by atoms with Crippen LogP contribution in [-0.4, -0.2) is 15.9 Å². The highest BCUT2D eigenvalue weighted by molar-refractivity contribution is 7.13. The topological polar surface area (TPSA) is 68.0 Å². The number of pyridine rings is 1. The van der Waals surface area contributed by atoms with Gasteiger partial charge in [-0.1, -0.05) is 0 Å². The fraction of sp³-hybridized carbons (Fsp3) is 0.188. The summed E-state index contributed by atoms with van der Waals surface area (Å²) in [5.41, 5.74) is 1.40. The molecular weight excluding hydrogens is 298 g/mol. The maximum atomic E-state index is 12.3. The molecule has 0 saturated heterocycles. The largest absolute Gasteiger partial charge is 0.459 e. The third kappa shape index (κ3) is 3.07. The molecule has 0 unspecified atom stereocenters. The van der Waals surface area contributed by atoms with E-state index in [9.17, 15) is 4.79 Å². The van der Waals surface area contributed by atoms with Crippen LogP contribution in [0, 0.1) is 6.92 Å². The number of hydrogen-bond acceptors (Lipinski definition) is 5. The van der Waals surface area contributed by atoms with Crippen molar-refractivity contribution in [3.8, 4) is 10.8 Å². The molecule has 0 spiro atoms. The van der Waals surface area contributed by atoms with Crippen LogP contribution >= 0.6 is 11.3 Å². The molecule has 22 heavy (non-hydrogen) atoms. The SMILES string of the molecule is Cc1ccc(-c2nc(C(=O)N[C@H](C)c3ccncc3)cs2)o1. The minimum atomic E-state index is -0.199. The number of aromatic nitrogens is 2. The lowest BCUT2D eigenvalue weighted by Gasteiger charge is -2.12. The zero-order chi connectivity index (χ0) is 15.5. The van der Waals surface area contributed by atoms with Crippen LogP contribution in [0.3, 0.4) is 0 Å². The minimum absolute atomic E-state index is 0.105. The first-order chi connectivity index (χ1) is 10.6. The van der Waals surface area contributed by atoms with Gasteiger partial charge in [-0.15, -0.1) is 11.3 Å². The number of aryl methyl sites for hydroxylation is 1. The molecule has 3 heterocycles. The van der Waals surface area contributed by atoms with E-state index in [1.165, 1.54) is 11.3 Å². The maximum Gasteiger partial charge on any atom is 0.271 e. The number of nitrogens with zero attached hydrogens (tertiary/aromatic N) is 2. The van der Waals surface area contributed by atoms with Gasteiger partial charge in [0.05, 0.1) is 6.04 Å². The number of thiazole rings is 1. The third-order valence-electron chi connectivity index (χ3n) is 3.24. The molecule has 0 aliphatic carbocycles. The van der Waals surface area contributed by atoms with E-state index in [0.717, 1.165) is 11.3 Å². The van der Waals surface area contributed by atoms with E-state index < -0.39 is 0 Å². The van der Waals surface area contributed by atoms with Crippen molar-refractivity contribution < 1.29 is 9.21 Å². The Morgan fingerprint density at radius 2 is 2.05 bits per heavy atom. The van der Waals surface area contributed by atoms with Crippen molar-refractivity contribution in [2.24, 2.45) is 0 Å². The highest BCUT2D eigenvalue weighted by Gasteiger charge is 2.16. The molecular formula is C16H15N3O2S. The lowest BCUT2D eigenvalue weighted by Crippen LogP contribution is -2.26. The van der Waals surface area contributed by atoms with Gasteiger partial charge in [0.15, 0.2) is 10.8 Å². The molecule has 3 rings (SSSR count). The lowest BCUT2D eigenvalue weighted by atomic mass is 10.1. The zero-order valence-corrected chi connectivity index (χ0v) is 13.1. The van der Waals surface area contributed by atoms with Crippen LogP contribution in [0.5, 0.6) is 0 Å². The average molecular weight is 313 g/mol. The van der Waals surface area contributed by atoms with E-state index in [1.54, 1.807) is 17.8 Å². The van der Waals surface area contributed by atoms with Crippen molar-refractivity contribution >= 4 is 17.2 Å². The molecule has 0 aromatic carbocycles. The summed E-state index contributed by atoms with van der Waals surface area (Å²) in [6.07, 6.45) is 3.41. The Balaban J connectivity index is 1.72. The van der Waals surface area contributed by atoms with Crippen molar-refractivity contribution in [2.45, 2.75) is 19.9 Å². The lowest BCUT2D eigenvalue weighted by molar-refractivity contribution is 0.0935. The Labute approximate surface area is 132 Å². The smallest absolute Gasteiger partial charge is 0.271 e. The molecule has 6 heteroatoms. The van der Waals surface area contributed by atoms with E-state index in [-0.39, 0.29) is 11.9 Å². The zero-order valence-electron chi connectivity index (χ0n) is 12.2. The Morgan fingerprint density at radius 3 is 2.73 bits per heavy atom. The van der Waals surface area contributed by atoms with E-state index in [0.29, 0.717) is 16.5 Å². The predicted molar refractivity (Wildman–Crippen MR) is 84.7 cm³/mol. The fourth-order valence-electron chi connectivity index (χ4n) is 2.05. The molecule has 0 aliphatic rings. The third-order valence-corrected chi connectivity index (χ3v) is 4.10. The molecule has 1 atom stereocenters. The number of nitrogens with one attached hydrogen (secondary N) is 1. The van der Waals surface area contributed by atoms with Gasteiger partial charge in [0.1, 0.15) is 11.5 Å². The predicted octanol–water partition coefficient (Wildman–Crippen LogP) is 3.60. The minimum Gasteiger partial charge on any atom is -0.459 e. The number of carbonyl (C=O) groups is 1. The standard InChI is InChI=1S/C16H15N3O2S/c1-10-3-4-14(21-10)16-19-13(9-22-16)15(20)18-11(2)12-5-7-17-8-6-12/h3-9,11H,1-2H3,(H,18,20)/t11-/m1/s1. The number of hydrogen-bond donors (Lipinski definition) is 1. The molecule has 0 saturated carbocycles. The van der Waals surface area contributed by atoms with Crippen molar-refractivity contribution in [1.82, 2.24) is 15.3 Å². The molecule has 0 aliphatic heterocycles. The van der Waals surface area contributed by atoms with Crippen molar-refractivity contribution in [2.75, 3.05) is 0 Å². The molecule has 1 amide bonds. The Kier molecular flexibility index (Phi) is 4.02. The van der Waals surface area contributed by atoms with Gasteiger partial charge in [-0.05, 0) is 43.7 Å². The van der Waals surface area contributed by atoms with Crippen LogP contribution in [0.4, 0.5) is 0 Å². The molecule has 0 fully saturated rings. The van der Waals surface area contributed by atoms with Crippen LogP contribution in [0.1, 0.15) is 34.8 Å². The van der Waals surface area contributed by atoms with Gasteiger partial charge in [0.2, 0.25) is 0 Å². The highest BCUT2D eigenvalue weighted by Crippen LogP contribution is 2.25. The van der Waals surface area contributed by atoms with E-state index in [2.05, 4.69) is 15.3 Å². The average Bonchev–Trinajstić information content (AvgIpc) is 3.16. The summed E-state index contributed by atoms with van der Waals surface area (Å²) in [7, 11) is 0. The second-order valence-electron chi connectivity index (χ2n) is 4.92. The number of carbonyl (C=O) groups excluding carboxylic acids is 1. The quantitative estimate of drug-likeness (QED) is 0.799. The summed E-state index contributed by atoms with van der Waals surface area (Å²) >= 11 is 1.39. The van der Waals surface area contributed by atoms with Crippen molar-refractivity contribution in [3.63, 3.8) is 0 Å². The number of rotatable bonds is 4. The summed E-state index contributed by atoms with van der Waals surface area (Å²) in [4.78, 5) is 20.6. The van der Waals surface area contributed by atoms with Crippen LogP contribution in [0.2, 0.25) is 0 Å². The van der Waals surface area contributed by atoms with Gasteiger partial charge in [0.25, 0.3) is 5.91 Å². The molecule has 3 aromatic rings. The summed E-state index contributed by atoms with van der Waals surface area (Å²) in [6, 6.07) is 7.38. The van der Waals surface area contributed by atoms with Gasteiger partial charge in [-0.3, -0.25) is 9.78 Å². The molecule has 5 nitrogen and oxygen atoms in total. The van der Waals surface area contributed by atoms with E-state index >= 15 is 0 Å². The molecule has 0 radical (unpaired) electrons. The summed E-state index contributed by atoms with van der Waals surface area (Å²) < 4.78 is 5.52. The first kappa shape index (κ1) is 14.5. The summed E-state index contributed by atoms with van der Waals surface area (Å²) in [5, 5.41) is 5.37. The van der Waals surface area contributed by atoms with E-state index in [4.69, 9.17) is 4.42 Å². The summed E-state index contributed by atoms with van der Waals surface area (Å²) in [6.45, 7) is 3.80. The molecule has 3 aromatic heterocycles. The molecule has 112 valence electrons. The first-order valence-corrected chi connectivity index (χ1v) is 7.74. The molecule has 0 bridgehead atoms. The normalized spacial score (nSPS) is 12.1. The van der Waals surface area contributed by atoms with Gasteiger partial charge >= 0.3 is 0 Å². The van der Waals surface area contributed by atoms with Gasteiger partial charge in [-0.2, -0.15) is 0 Å². The van der Waals surface area contributed by atoms with Gasteiger partial charge in [0, 0.05) is 17.8 Å². The van der Waals surface area contributed by atoms with Gasteiger partial charge in [-0.25, -0.2) is 4.98 Å². The van der Waals surface area contributed by atoms with Crippen LogP contribution in [-0.2, 0) is 0 Å². The van der Waals surface area contributed by atoms with Crippen LogP contribution in [0.25, 0.3) is 10.8 Å². The number of amides is 1. The van der Waals surface area contributed by atoms with Gasteiger partial charge < -0.3 is 9.73 Å². The van der Waals surface area contributed by atoms with Crippen LogP contribution < -0.4 is 5.32 Å². The van der Waals surface area contributed by atoms with Crippen molar-refractivity contribution in [1.29, 1.82) is 0 Å². The Hall–Kier alpha value is -2.47. The maximum absolute atomic E-state index is 12.3. The number of furan rings is 1. The Bertz CT molecular complexity index is 780.